The Kier molecular flexibility index (Phi) is 17.9. The summed E-state index contributed by atoms with van der Waals surface area (Å²) >= 11 is 0.626. The Balaban J connectivity index is 1.78. The van der Waals surface area contributed by atoms with E-state index < -0.39 is 74.8 Å². The van der Waals surface area contributed by atoms with Crippen molar-refractivity contribution in [1.29, 1.82) is 0 Å². The predicted molar refractivity (Wildman–Crippen MR) is 204 cm³/mol. The Morgan fingerprint density at radius 1 is 0.678 bits per heavy atom. The first-order chi connectivity index (χ1) is 28.1. The van der Waals surface area contributed by atoms with Crippen LogP contribution in [0.3, 0.4) is 0 Å². The predicted octanol–water partition coefficient (Wildman–Crippen LogP) is 6.65. The molecule has 0 aromatic heterocycles. The SMILES string of the molecule is CNc1ccc2c(O)c(/N=N/c3ccc(S(=O)(=O)CCOSOOO)cc3S(=O)(=O)O)c(SOOO)cc2c1/N=N/c1cc(S(=O)(=O)CCOSOOO)ccc1OC. The summed E-state index contributed by atoms with van der Waals surface area (Å²) in [5.74, 6) is -1.70. The van der Waals surface area contributed by atoms with Gasteiger partial charge in [0.05, 0.1) is 64.2 Å². The third-order valence-electron chi connectivity index (χ3n) is 7.31. The maximum Gasteiger partial charge on any atom is 0.296 e. The molecule has 0 aliphatic rings. The minimum absolute atomic E-state index is 0.0373. The summed E-state index contributed by atoms with van der Waals surface area (Å²) in [5.41, 5.74) is -0.617. The lowest BCUT2D eigenvalue weighted by Gasteiger charge is -2.13. The smallest absolute Gasteiger partial charge is 0.296 e. The number of hydrogen-bond donors (Lipinski definition) is 6. The summed E-state index contributed by atoms with van der Waals surface area (Å²) in [4.78, 5) is -1.87. The van der Waals surface area contributed by atoms with Crippen molar-refractivity contribution in [2.24, 2.45) is 20.5 Å². The van der Waals surface area contributed by atoms with Gasteiger partial charge in [0.2, 0.25) is 0 Å². The average molecular weight is 948 g/mol. The van der Waals surface area contributed by atoms with Gasteiger partial charge in [-0.1, -0.05) is 15.1 Å². The second-order valence-electron chi connectivity index (χ2n) is 10.6. The van der Waals surface area contributed by atoms with Crippen LogP contribution in [0, 0.1) is 0 Å². The molecule has 4 aromatic carbocycles. The Morgan fingerprint density at radius 3 is 1.83 bits per heavy atom. The van der Waals surface area contributed by atoms with Crippen molar-refractivity contribution in [3.05, 3.63) is 54.6 Å². The van der Waals surface area contributed by atoms with E-state index in [0.717, 1.165) is 12.1 Å². The molecule has 0 atom stereocenters. The van der Waals surface area contributed by atoms with E-state index in [9.17, 15) is 34.9 Å². The Morgan fingerprint density at radius 2 is 1.25 bits per heavy atom. The van der Waals surface area contributed by atoms with Crippen LogP contribution in [0.5, 0.6) is 11.5 Å². The fourth-order valence-corrected chi connectivity index (χ4v) is 8.78. The molecule has 0 saturated carbocycles. The van der Waals surface area contributed by atoms with E-state index in [4.69, 9.17) is 28.9 Å². The van der Waals surface area contributed by atoms with E-state index in [0.29, 0.717) is 23.8 Å². The molecule has 0 aliphatic heterocycles. The van der Waals surface area contributed by atoms with Gasteiger partial charge in [0.1, 0.15) is 33.4 Å². The van der Waals surface area contributed by atoms with E-state index in [1.165, 1.54) is 43.5 Å². The van der Waals surface area contributed by atoms with Crippen LogP contribution in [0.25, 0.3) is 10.8 Å². The van der Waals surface area contributed by atoms with Gasteiger partial charge in [-0.2, -0.15) is 8.42 Å². The number of rotatable bonds is 24. The molecule has 0 fully saturated rings. The summed E-state index contributed by atoms with van der Waals surface area (Å²) in [6.07, 6.45) is 0. The second kappa shape index (κ2) is 22.1. The van der Waals surface area contributed by atoms with Gasteiger partial charge in [-0.05, 0) is 54.6 Å². The molecule has 0 bridgehead atoms. The van der Waals surface area contributed by atoms with E-state index in [1.807, 2.05) is 0 Å². The van der Waals surface area contributed by atoms with Crippen molar-refractivity contribution in [1.82, 2.24) is 0 Å². The molecule has 0 amide bonds. The van der Waals surface area contributed by atoms with Crippen LogP contribution in [0.4, 0.5) is 28.4 Å². The van der Waals surface area contributed by atoms with Crippen LogP contribution >= 0.6 is 36.7 Å². The van der Waals surface area contributed by atoms with Gasteiger partial charge in [0.25, 0.3) is 10.1 Å². The molecule has 0 aliphatic carbocycles. The van der Waals surface area contributed by atoms with Crippen LogP contribution in [-0.2, 0) is 66.3 Å². The van der Waals surface area contributed by atoms with Gasteiger partial charge in [-0.3, -0.25) is 12.9 Å². The summed E-state index contributed by atoms with van der Waals surface area (Å²) in [6, 6.07) is 10.6. The van der Waals surface area contributed by atoms with Gasteiger partial charge >= 0.3 is 0 Å². The first kappa shape index (κ1) is 47.8. The largest absolute Gasteiger partial charge is 0.505 e. The standard InChI is InChI=1S/C28H29N5O20S6/c1-29-21-7-5-18-19(26(21)32-31-22-13-16(4-8-23(22)45-2)57(38,39)11-9-46-55-52-49-36)15-24(54-51-48-35)27(28(18)34)33-30-20-6-3-17(14-25(20)59(42,43)44)58(40,41)12-10-47-56-53-50-37/h3-8,13-15,29,34-37H,9-12H2,1-2H3,(H,42,43,44)/b32-31+,33-30+. The zero-order chi connectivity index (χ0) is 43.2. The first-order valence-corrected chi connectivity index (χ1v) is 22.2. The van der Waals surface area contributed by atoms with Crippen molar-refractivity contribution in [3.63, 3.8) is 0 Å². The van der Waals surface area contributed by atoms with E-state index in [1.54, 1.807) is 7.05 Å². The van der Waals surface area contributed by atoms with Gasteiger partial charge in [-0.15, -0.1) is 33.5 Å². The number of sulfone groups is 2. The summed E-state index contributed by atoms with van der Waals surface area (Å²) in [5, 5.41) is 66.5. The number of phenolic OH excluding ortho intramolecular Hbond substituents is 1. The van der Waals surface area contributed by atoms with Crippen LogP contribution in [0.2, 0.25) is 0 Å². The molecule has 0 unspecified atom stereocenters. The summed E-state index contributed by atoms with van der Waals surface area (Å²) in [6.45, 7) is -0.852. The van der Waals surface area contributed by atoms with Crippen LogP contribution in [-0.4, -0.2) is 89.6 Å². The number of anilines is 1. The number of benzene rings is 4. The number of hydrogen-bond acceptors (Lipinski definition) is 27. The Bertz CT molecular complexity index is 2490. The molecule has 4 aromatic rings. The molecule has 0 radical (unpaired) electrons. The number of phenols is 1. The van der Waals surface area contributed by atoms with E-state index >= 15 is 0 Å². The number of aromatic hydroxyl groups is 1. The molecule has 59 heavy (non-hydrogen) atoms. The molecule has 0 heterocycles. The highest BCUT2D eigenvalue weighted by molar-refractivity contribution is 7.94. The molecule has 31 heteroatoms. The second-order valence-corrected chi connectivity index (χ2v) is 18.0. The quantitative estimate of drug-likeness (QED) is 0.0107. The summed E-state index contributed by atoms with van der Waals surface area (Å²) in [7, 11) is -10.5. The maximum atomic E-state index is 13.0. The number of nitrogens with zero attached hydrogens (tertiary/aromatic N) is 4. The van der Waals surface area contributed by atoms with Gasteiger partial charge in [0, 0.05) is 17.8 Å². The van der Waals surface area contributed by atoms with Crippen molar-refractivity contribution in [2.75, 3.05) is 44.2 Å². The topological polar surface area (TPSA) is 348 Å². The molecule has 6 N–H and O–H groups in total. The third kappa shape index (κ3) is 12.8. The molecular weight excluding hydrogens is 919 g/mol. The van der Waals surface area contributed by atoms with Crippen LogP contribution in [0.15, 0.2) is 94.6 Å². The molecule has 0 spiro atoms. The normalized spacial score (nSPS) is 12.6. The van der Waals surface area contributed by atoms with E-state index in [-0.39, 0.29) is 68.9 Å². The highest BCUT2D eigenvalue weighted by Crippen LogP contribution is 2.48. The highest BCUT2D eigenvalue weighted by Gasteiger charge is 2.24. The molecular formula is C28H29N5O20S6. The fourth-order valence-electron chi connectivity index (χ4n) is 4.71. The lowest BCUT2D eigenvalue weighted by atomic mass is 10.1. The third-order valence-corrected chi connectivity index (χ3v) is 12.9. The van der Waals surface area contributed by atoms with Crippen molar-refractivity contribution >= 4 is 106 Å². The monoisotopic (exact) mass is 947 g/mol. The Labute approximate surface area is 346 Å². The van der Waals surface area contributed by atoms with Crippen molar-refractivity contribution < 1.29 is 91.9 Å². The number of nitrogens with one attached hydrogen (secondary N) is 1. The molecule has 25 nitrogen and oxygen atoms in total. The van der Waals surface area contributed by atoms with Crippen LogP contribution in [0.1, 0.15) is 0 Å². The highest BCUT2D eigenvalue weighted by atomic mass is 32.2. The maximum absolute atomic E-state index is 13.0. The lowest BCUT2D eigenvalue weighted by Crippen LogP contribution is -2.12. The fraction of sp³-hybridized carbons (Fsp3) is 0.214. The van der Waals surface area contributed by atoms with Crippen molar-refractivity contribution in [3.8, 4) is 11.5 Å². The van der Waals surface area contributed by atoms with Crippen molar-refractivity contribution in [2.45, 2.75) is 19.6 Å². The van der Waals surface area contributed by atoms with Gasteiger partial charge in [-0.25, -0.2) is 32.6 Å². The van der Waals surface area contributed by atoms with E-state index in [2.05, 4.69) is 53.9 Å². The lowest BCUT2D eigenvalue weighted by molar-refractivity contribution is -0.434. The number of methoxy groups -OCH3 is 1. The molecule has 0 saturated heterocycles. The zero-order valence-corrected chi connectivity index (χ0v) is 34.5. The van der Waals surface area contributed by atoms with Gasteiger partial charge in [0.15, 0.2) is 50.1 Å². The Hall–Kier alpha value is -3.84. The van der Waals surface area contributed by atoms with Crippen LogP contribution < -0.4 is 10.1 Å². The zero-order valence-electron chi connectivity index (χ0n) is 29.6. The minimum atomic E-state index is -5.15. The summed E-state index contributed by atoms with van der Waals surface area (Å²) < 4.78 is 114. The first-order valence-electron chi connectivity index (χ1n) is 15.4. The minimum Gasteiger partial charge on any atom is -0.505 e. The number of fused-ring (bicyclic) bond motifs is 1. The number of azo groups is 2. The number of ether oxygens (including phenoxy) is 1. The molecule has 4 rings (SSSR count). The average Bonchev–Trinajstić information content (AvgIpc) is 3.20. The molecule has 322 valence electrons. The van der Waals surface area contributed by atoms with Gasteiger partial charge < -0.3 is 15.2 Å².